The van der Waals surface area contributed by atoms with Gasteiger partial charge in [-0.15, -0.1) is 0 Å². The number of nitrogens with zero attached hydrogens (tertiary/aromatic N) is 1. The fourth-order valence-corrected chi connectivity index (χ4v) is 2.05. The molecule has 1 heterocycles. The molecule has 1 rings (SSSR count). The molecule has 0 aromatic carbocycles. The van der Waals surface area contributed by atoms with E-state index in [2.05, 4.69) is 4.40 Å². The Labute approximate surface area is 108 Å². The van der Waals surface area contributed by atoms with Crippen molar-refractivity contribution in [3.05, 3.63) is 0 Å². The van der Waals surface area contributed by atoms with Gasteiger partial charge < -0.3 is 9.29 Å². The van der Waals surface area contributed by atoms with Crippen molar-refractivity contribution >= 4 is 17.6 Å². The van der Waals surface area contributed by atoms with Crippen molar-refractivity contribution in [3.63, 3.8) is 0 Å². The van der Waals surface area contributed by atoms with E-state index in [1.165, 1.54) is 6.21 Å². The second-order valence-corrected chi connectivity index (χ2v) is 7.25. The molecule has 0 N–H and O–H groups in total. The lowest BCUT2D eigenvalue weighted by molar-refractivity contribution is -0.232. The van der Waals surface area contributed by atoms with Gasteiger partial charge in [-0.05, 0) is 33.6 Å². The fourth-order valence-electron chi connectivity index (χ4n) is 1.45. The maximum Gasteiger partial charge on any atom is 0.414 e. The second kappa shape index (κ2) is 5.79. The van der Waals surface area contributed by atoms with Gasteiger partial charge in [-0.25, -0.2) is 0 Å². The van der Waals surface area contributed by atoms with Crippen molar-refractivity contribution in [2.24, 2.45) is 10.3 Å². The molecule has 18 heavy (non-hydrogen) atoms. The molecule has 1 aliphatic rings. The van der Waals surface area contributed by atoms with Crippen molar-refractivity contribution < 1.29 is 22.5 Å². The minimum absolute atomic E-state index is 0.0188. The summed E-state index contributed by atoms with van der Waals surface area (Å²) < 4.78 is 56.8. The summed E-state index contributed by atoms with van der Waals surface area (Å²) in [6.07, 6.45) is -4.21. The zero-order chi connectivity index (χ0) is 14.0. The van der Waals surface area contributed by atoms with Gasteiger partial charge in [-0.1, -0.05) is 4.40 Å². The number of hydrogen-bond donors (Lipinski definition) is 0. The Balaban J connectivity index is 2.43. The Morgan fingerprint density at radius 2 is 1.89 bits per heavy atom. The molecule has 0 saturated carbocycles. The van der Waals surface area contributed by atoms with Crippen LogP contribution in [0.3, 0.4) is 0 Å². The van der Waals surface area contributed by atoms with Gasteiger partial charge in [0.05, 0.1) is 12.8 Å². The Hall–Kier alpha value is -0.270. The summed E-state index contributed by atoms with van der Waals surface area (Å²) >= 11 is -1.37. The van der Waals surface area contributed by atoms with Crippen LogP contribution in [0.4, 0.5) is 13.2 Å². The molecule has 0 radical (unpaired) electrons. The summed E-state index contributed by atoms with van der Waals surface area (Å²) in [6.45, 7) is 5.35. The number of ether oxygens (including phenoxy) is 1. The molecule has 2 unspecified atom stereocenters. The van der Waals surface area contributed by atoms with Gasteiger partial charge in [-0.2, -0.15) is 13.2 Å². The number of hydrogen-bond acceptors (Lipinski definition) is 3. The monoisotopic (exact) mass is 285 g/mol. The summed E-state index contributed by atoms with van der Waals surface area (Å²) in [5.41, 5.74) is 0. The maximum absolute atomic E-state index is 12.3. The Morgan fingerprint density at radius 3 is 2.28 bits per heavy atom. The quantitative estimate of drug-likeness (QED) is 0.578. The fraction of sp³-hybridized carbons (Fsp3) is 0.909. The van der Waals surface area contributed by atoms with Gasteiger partial charge in [0.2, 0.25) is 0 Å². The lowest BCUT2D eigenvalue weighted by Gasteiger charge is -2.28. The SMILES string of the molecule is CC(C)(C)[S@@+]([O-])/N=C/C1CCC(C(F)(F)F)OC1. The maximum atomic E-state index is 12.3. The van der Waals surface area contributed by atoms with Crippen molar-refractivity contribution in [2.45, 2.75) is 50.6 Å². The van der Waals surface area contributed by atoms with Crippen LogP contribution in [-0.4, -0.2) is 34.4 Å². The predicted octanol–water partition coefficient (Wildman–Crippen LogP) is 2.88. The highest BCUT2D eigenvalue weighted by Crippen LogP contribution is 2.31. The lowest BCUT2D eigenvalue weighted by Crippen LogP contribution is -2.38. The van der Waals surface area contributed by atoms with E-state index in [9.17, 15) is 17.7 Å². The third-order valence-corrected chi connectivity index (χ3v) is 3.93. The number of rotatable bonds is 2. The third kappa shape index (κ3) is 4.78. The first kappa shape index (κ1) is 15.8. The van der Waals surface area contributed by atoms with Crippen LogP contribution in [0.25, 0.3) is 0 Å². The zero-order valence-corrected chi connectivity index (χ0v) is 11.5. The van der Waals surface area contributed by atoms with Gasteiger partial charge >= 0.3 is 6.18 Å². The number of halogens is 3. The minimum atomic E-state index is -4.30. The van der Waals surface area contributed by atoms with Gasteiger partial charge in [-0.3, -0.25) is 0 Å². The first-order chi connectivity index (χ1) is 8.10. The van der Waals surface area contributed by atoms with Crippen LogP contribution < -0.4 is 0 Å². The molecule has 0 aromatic heterocycles. The molecule has 1 aliphatic heterocycles. The van der Waals surface area contributed by atoms with Crippen molar-refractivity contribution in [1.29, 1.82) is 0 Å². The minimum Gasteiger partial charge on any atom is -0.591 e. The zero-order valence-electron chi connectivity index (χ0n) is 10.7. The number of alkyl halides is 3. The van der Waals surface area contributed by atoms with E-state index in [1.54, 1.807) is 20.8 Å². The molecule has 1 fully saturated rings. The Bertz CT molecular complexity index is 294. The Morgan fingerprint density at radius 1 is 1.28 bits per heavy atom. The first-order valence-corrected chi connectivity index (χ1v) is 6.86. The highest BCUT2D eigenvalue weighted by molar-refractivity contribution is 7.91. The molecule has 0 aromatic rings. The summed E-state index contributed by atoms with van der Waals surface area (Å²) in [4.78, 5) is 0. The van der Waals surface area contributed by atoms with E-state index >= 15 is 0 Å². The molecule has 1 saturated heterocycles. The molecule has 106 valence electrons. The molecule has 0 bridgehead atoms. The van der Waals surface area contributed by atoms with Gasteiger partial charge in [0.25, 0.3) is 0 Å². The highest BCUT2D eigenvalue weighted by atomic mass is 32.2. The van der Waals surface area contributed by atoms with E-state index in [0.29, 0.717) is 6.42 Å². The van der Waals surface area contributed by atoms with Crippen LogP contribution in [0.15, 0.2) is 4.40 Å². The summed E-state index contributed by atoms with van der Waals surface area (Å²) in [6, 6.07) is 0. The van der Waals surface area contributed by atoms with Crippen LogP contribution in [0.1, 0.15) is 33.6 Å². The van der Waals surface area contributed by atoms with Crippen LogP contribution >= 0.6 is 0 Å². The topological polar surface area (TPSA) is 44.7 Å². The van der Waals surface area contributed by atoms with E-state index in [-0.39, 0.29) is 18.9 Å². The molecule has 7 heteroatoms. The molecule has 0 spiro atoms. The summed E-state index contributed by atoms with van der Waals surface area (Å²) in [5.74, 6) is -0.185. The second-order valence-electron chi connectivity index (χ2n) is 5.32. The van der Waals surface area contributed by atoms with Crippen LogP contribution in [0.5, 0.6) is 0 Å². The van der Waals surface area contributed by atoms with Crippen molar-refractivity contribution in [2.75, 3.05) is 6.61 Å². The van der Waals surface area contributed by atoms with Gasteiger partial charge in [0, 0.05) is 5.92 Å². The van der Waals surface area contributed by atoms with Crippen molar-refractivity contribution in [1.82, 2.24) is 0 Å². The van der Waals surface area contributed by atoms with E-state index in [0.717, 1.165) is 0 Å². The smallest absolute Gasteiger partial charge is 0.414 e. The molecule has 3 atom stereocenters. The molecular formula is C11H18F3NO2S. The third-order valence-electron chi connectivity index (χ3n) is 2.57. The normalized spacial score (nSPS) is 28.6. The van der Waals surface area contributed by atoms with E-state index < -0.39 is 28.4 Å². The van der Waals surface area contributed by atoms with Crippen LogP contribution in [-0.2, 0) is 16.1 Å². The van der Waals surface area contributed by atoms with Gasteiger partial charge in [0.15, 0.2) is 6.10 Å². The largest absolute Gasteiger partial charge is 0.591 e. The lowest BCUT2D eigenvalue weighted by atomic mass is 9.99. The molecule has 0 amide bonds. The average molecular weight is 285 g/mol. The van der Waals surface area contributed by atoms with Crippen LogP contribution in [0, 0.1) is 5.92 Å². The average Bonchev–Trinajstić information content (AvgIpc) is 2.24. The van der Waals surface area contributed by atoms with Gasteiger partial charge in [0.1, 0.15) is 16.1 Å². The highest BCUT2D eigenvalue weighted by Gasteiger charge is 2.42. The Kier molecular flexibility index (Phi) is 5.08. The van der Waals surface area contributed by atoms with E-state index in [1.807, 2.05) is 0 Å². The molecular weight excluding hydrogens is 267 g/mol. The molecule has 3 nitrogen and oxygen atoms in total. The standard InChI is InChI=1S/C11H18F3NO2S/c1-10(2,3)18(16)15-6-8-4-5-9(17-7-8)11(12,13)14/h6,8-9H,4-5,7H2,1-3H3/b15-6+/t8?,9?,18-/m1/s1. The summed E-state index contributed by atoms with van der Waals surface area (Å²) in [7, 11) is 0. The van der Waals surface area contributed by atoms with E-state index in [4.69, 9.17) is 4.74 Å². The first-order valence-electron chi connectivity index (χ1n) is 5.75. The van der Waals surface area contributed by atoms with Crippen molar-refractivity contribution in [3.8, 4) is 0 Å². The summed E-state index contributed by atoms with van der Waals surface area (Å²) in [5, 5.41) is 0. The molecule has 0 aliphatic carbocycles. The predicted molar refractivity (Wildman–Crippen MR) is 64.9 cm³/mol. The van der Waals surface area contributed by atoms with Crippen LogP contribution in [0.2, 0.25) is 0 Å².